The first-order valence-corrected chi connectivity index (χ1v) is 7.27. The van der Waals surface area contributed by atoms with Crippen LogP contribution in [0.3, 0.4) is 0 Å². The lowest BCUT2D eigenvalue weighted by Crippen LogP contribution is -1.91. The van der Waals surface area contributed by atoms with Crippen LogP contribution in [0.4, 0.5) is 11.4 Å². The molecule has 3 aromatic rings. The lowest BCUT2D eigenvalue weighted by Gasteiger charge is -2.11. The van der Waals surface area contributed by atoms with Gasteiger partial charge in [-0.3, -0.25) is 0 Å². The molecule has 0 unspecified atom stereocenters. The van der Waals surface area contributed by atoms with Crippen LogP contribution in [0, 0.1) is 6.92 Å². The Labute approximate surface area is 135 Å². The van der Waals surface area contributed by atoms with Crippen molar-refractivity contribution in [2.24, 2.45) is 0 Å². The highest BCUT2D eigenvalue weighted by Crippen LogP contribution is 2.31. The first kappa shape index (κ1) is 14.8. The van der Waals surface area contributed by atoms with Crippen LogP contribution >= 0.6 is 0 Å². The first-order valence-electron chi connectivity index (χ1n) is 7.27. The number of nitrogens with two attached hydrogens (primary N) is 2. The highest BCUT2D eigenvalue weighted by atomic mass is 16.5. The number of rotatable bonds is 4. The number of aryl methyl sites for hydroxylation is 1. The van der Waals surface area contributed by atoms with Crippen molar-refractivity contribution in [1.82, 2.24) is 0 Å². The van der Waals surface area contributed by atoms with Crippen molar-refractivity contribution < 1.29 is 9.47 Å². The van der Waals surface area contributed by atoms with E-state index in [1.165, 1.54) is 0 Å². The molecule has 4 N–H and O–H groups in total. The number of hydrogen-bond donors (Lipinski definition) is 2. The standard InChI is InChI=1S/C19H18N2O2/c1-13-8-18(22-16-6-2-4-14(20)10-16)12-19(9-13)23-17-7-3-5-15(21)11-17/h2-12H,20-21H2,1H3. The van der Waals surface area contributed by atoms with Gasteiger partial charge >= 0.3 is 0 Å². The third-order valence-electron chi connectivity index (χ3n) is 3.21. The van der Waals surface area contributed by atoms with Gasteiger partial charge in [-0.05, 0) is 48.9 Å². The summed E-state index contributed by atoms with van der Waals surface area (Å²) in [5, 5.41) is 0. The molecule has 0 radical (unpaired) electrons. The summed E-state index contributed by atoms with van der Waals surface area (Å²) in [7, 11) is 0. The first-order chi connectivity index (χ1) is 11.1. The molecule has 23 heavy (non-hydrogen) atoms. The predicted molar refractivity (Wildman–Crippen MR) is 93.0 cm³/mol. The SMILES string of the molecule is Cc1cc(Oc2cccc(N)c2)cc(Oc2cccc(N)c2)c1. The molecule has 0 atom stereocenters. The lowest BCUT2D eigenvalue weighted by molar-refractivity contribution is 0.460. The molecule has 4 heteroatoms. The molecule has 0 bridgehead atoms. The minimum absolute atomic E-state index is 0.659. The van der Waals surface area contributed by atoms with Crippen molar-refractivity contribution in [2.75, 3.05) is 11.5 Å². The zero-order chi connectivity index (χ0) is 16.2. The maximum absolute atomic E-state index is 5.86. The van der Waals surface area contributed by atoms with Crippen LogP contribution < -0.4 is 20.9 Å². The maximum Gasteiger partial charge on any atom is 0.131 e. The van der Waals surface area contributed by atoms with Gasteiger partial charge in [-0.25, -0.2) is 0 Å². The summed E-state index contributed by atoms with van der Waals surface area (Å²) in [5.74, 6) is 2.75. The number of benzene rings is 3. The van der Waals surface area contributed by atoms with E-state index in [9.17, 15) is 0 Å². The molecule has 0 saturated heterocycles. The fourth-order valence-corrected chi connectivity index (χ4v) is 2.26. The van der Waals surface area contributed by atoms with Gasteiger partial charge in [0.1, 0.15) is 23.0 Å². The Bertz CT molecular complexity index is 765. The number of anilines is 2. The Kier molecular flexibility index (Phi) is 4.06. The summed E-state index contributed by atoms with van der Waals surface area (Å²) in [6.07, 6.45) is 0. The van der Waals surface area contributed by atoms with Crippen LogP contribution in [0.5, 0.6) is 23.0 Å². The maximum atomic E-state index is 5.86. The number of hydrogen-bond acceptors (Lipinski definition) is 4. The van der Waals surface area contributed by atoms with Crippen molar-refractivity contribution in [3.63, 3.8) is 0 Å². The van der Waals surface area contributed by atoms with Crippen LogP contribution in [0.15, 0.2) is 66.7 Å². The number of ether oxygens (including phenoxy) is 2. The second kappa shape index (κ2) is 6.32. The zero-order valence-corrected chi connectivity index (χ0v) is 12.8. The van der Waals surface area contributed by atoms with Gasteiger partial charge in [-0.1, -0.05) is 12.1 Å². The Balaban J connectivity index is 1.84. The Morgan fingerprint density at radius 1 is 0.609 bits per heavy atom. The molecule has 0 aliphatic heterocycles. The van der Waals surface area contributed by atoms with E-state index < -0.39 is 0 Å². The predicted octanol–water partition coefficient (Wildman–Crippen LogP) is 4.74. The summed E-state index contributed by atoms with van der Waals surface area (Å²) in [4.78, 5) is 0. The van der Waals surface area contributed by atoms with Gasteiger partial charge in [-0.15, -0.1) is 0 Å². The van der Waals surface area contributed by atoms with E-state index in [1.807, 2.05) is 61.5 Å². The molecule has 4 nitrogen and oxygen atoms in total. The summed E-state index contributed by atoms with van der Waals surface area (Å²) in [5.41, 5.74) is 13.9. The van der Waals surface area contributed by atoms with Crippen LogP contribution in [-0.2, 0) is 0 Å². The summed E-state index contributed by atoms with van der Waals surface area (Å²) < 4.78 is 11.7. The molecule has 0 aliphatic rings. The second-order valence-electron chi connectivity index (χ2n) is 5.33. The molecule has 0 aliphatic carbocycles. The van der Waals surface area contributed by atoms with Gasteiger partial charge in [-0.2, -0.15) is 0 Å². The van der Waals surface area contributed by atoms with Gasteiger partial charge in [0.25, 0.3) is 0 Å². The molecule has 0 aromatic heterocycles. The van der Waals surface area contributed by atoms with Crippen molar-refractivity contribution in [1.29, 1.82) is 0 Å². The summed E-state index contributed by atoms with van der Waals surface area (Å²) in [6.45, 7) is 1.98. The Hall–Kier alpha value is -3.14. The van der Waals surface area contributed by atoms with Crippen molar-refractivity contribution in [2.45, 2.75) is 6.92 Å². The molecule has 0 amide bonds. The average Bonchev–Trinajstić information content (AvgIpc) is 2.46. The van der Waals surface area contributed by atoms with E-state index in [4.69, 9.17) is 20.9 Å². The third kappa shape index (κ3) is 3.95. The van der Waals surface area contributed by atoms with Crippen molar-refractivity contribution >= 4 is 11.4 Å². The van der Waals surface area contributed by atoms with Crippen molar-refractivity contribution in [3.8, 4) is 23.0 Å². The van der Waals surface area contributed by atoms with E-state index in [1.54, 1.807) is 12.1 Å². The molecule has 0 heterocycles. The summed E-state index contributed by atoms with van der Waals surface area (Å²) >= 11 is 0. The lowest BCUT2D eigenvalue weighted by atomic mass is 10.2. The van der Waals surface area contributed by atoms with Gasteiger partial charge in [0, 0.05) is 29.6 Å². The smallest absolute Gasteiger partial charge is 0.131 e. The fraction of sp³-hybridized carbons (Fsp3) is 0.0526. The minimum atomic E-state index is 0.659. The molecular formula is C19H18N2O2. The van der Waals surface area contributed by atoms with E-state index >= 15 is 0 Å². The zero-order valence-electron chi connectivity index (χ0n) is 12.8. The molecule has 0 spiro atoms. The fourth-order valence-electron chi connectivity index (χ4n) is 2.26. The average molecular weight is 306 g/mol. The van der Waals surface area contributed by atoms with Gasteiger partial charge in [0.05, 0.1) is 0 Å². The quantitative estimate of drug-likeness (QED) is 0.683. The molecule has 116 valence electrons. The largest absolute Gasteiger partial charge is 0.457 e. The van der Waals surface area contributed by atoms with E-state index in [-0.39, 0.29) is 0 Å². The van der Waals surface area contributed by atoms with Crippen molar-refractivity contribution in [3.05, 3.63) is 72.3 Å². The minimum Gasteiger partial charge on any atom is -0.457 e. The van der Waals surface area contributed by atoms with Gasteiger partial charge in [0.2, 0.25) is 0 Å². The highest BCUT2D eigenvalue weighted by molar-refractivity contribution is 5.48. The molecular weight excluding hydrogens is 288 g/mol. The van der Waals surface area contributed by atoms with Crippen LogP contribution in [0.1, 0.15) is 5.56 Å². The van der Waals surface area contributed by atoms with Crippen LogP contribution in [0.2, 0.25) is 0 Å². The summed E-state index contributed by atoms with van der Waals surface area (Å²) in [6, 6.07) is 20.3. The Morgan fingerprint density at radius 2 is 1.09 bits per heavy atom. The highest BCUT2D eigenvalue weighted by Gasteiger charge is 2.04. The van der Waals surface area contributed by atoms with E-state index in [0.29, 0.717) is 34.4 Å². The van der Waals surface area contributed by atoms with Gasteiger partial charge < -0.3 is 20.9 Å². The van der Waals surface area contributed by atoms with Crippen LogP contribution in [-0.4, -0.2) is 0 Å². The molecule has 0 fully saturated rings. The Morgan fingerprint density at radius 3 is 1.52 bits per heavy atom. The van der Waals surface area contributed by atoms with E-state index in [0.717, 1.165) is 5.56 Å². The monoisotopic (exact) mass is 306 g/mol. The second-order valence-corrected chi connectivity index (χ2v) is 5.33. The van der Waals surface area contributed by atoms with E-state index in [2.05, 4.69) is 0 Å². The normalized spacial score (nSPS) is 10.3. The molecule has 3 aromatic carbocycles. The van der Waals surface area contributed by atoms with Crippen LogP contribution in [0.25, 0.3) is 0 Å². The third-order valence-corrected chi connectivity index (χ3v) is 3.21. The molecule has 3 rings (SSSR count). The number of nitrogen functional groups attached to an aromatic ring is 2. The molecule has 0 saturated carbocycles. The van der Waals surface area contributed by atoms with Gasteiger partial charge in [0.15, 0.2) is 0 Å². The topological polar surface area (TPSA) is 70.5 Å².